The molecular weight excluding hydrogens is 240 g/mol. The molecule has 92 valence electrons. The summed E-state index contributed by atoms with van der Waals surface area (Å²) >= 11 is 1.37. The van der Waals surface area contributed by atoms with Gasteiger partial charge in [-0.1, -0.05) is 0 Å². The Kier molecular flexibility index (Phi) is 3.15. The maximum Gasteiger partial charge on any atom is 0.308 e. The molecule has 1 N–H and O–H groups in total. The number of carboxylic acids is 1. The Labute approximate surface area is 103 Å². The monoisotopic (exact) mass is 254 g/mol. The van der Waals surface area contributed by atoms with E-state index in [9.17, 15) is 9.59 Å². The van der Waals surface area contributed by atoms with Gasteiger partial charge in [-0.15, -0.1) is 11.3 Å². The Morgan fingerprint density at radius 3 is 2.65 bits per heavy atom. The summed E-state index contributed by atoms with van der Waals surface area (Å²) in [4.78, 5) is 29.4. The van der Waals surface area contributed by atoms with Crippen LogP contribution in [0, 0.1) is 19.8 Å². The molecule has 1 unspecified atom stereocenters. The van der Waals surface area contributed by atoms with E-state index in [0.29, 0.717) is 24.4 Å². The molecule has 5 nitrogen and oxygen atoms in total. The van der Waals surface area contributed by atoms with E-state index >= 15 is 0 Å². The summed E-state index contributed by atoms with van der Waals surface area (Å²) in [5, 5.41) is 9.76. The van der Waals surface area contributed by atoms with E-state index in [2.05, 4.69) is 4.98 Å². The predicted octanol–water partition coefficient (Wildman–Crippen LogP) is 1.31. The molecule has 1 aliphatic heterocycles. The van der Waals surface area contributed by atoms with Crippen LogP contribution in [0.1, 0.15) is 26.8 Å². The zero-order valence-corrected chi connectivity index (χ0v) is 10.6. The molecule has 1 amide bonds. The van der Waals surface area contributed by atoms with Crippen LogP contribution < -0.4 is 0 Å². The zero-order chi connectivity index (χ0) is 12.6. The van der Waals surface area contributed by atoms with Gasteiger partial charge in [0.1, 0.15) is 4.88 Å². The number of aryl methyl sites for hydroxylation is 2. The van der Waals surface area contributed by atoms with Crippen LogP contribution >= 0.6 is 11.3 Å². The lowest BCUT2D eigenvalue weighted by atomic mass is 10.1. The van der Waals surface area contributed by atoms with E-state index in [-0.39, 0.29) is 5.91 Å². The first-order chi connectivity index (χ1) is 7.99. The number of aromatic nitrogens is 1. The second kappa shape index (κ2) is 4.44. The Hall–Kier alpha value is -1.43. The molecule has 0 radical (unpaired) electrons. The number of carboxylic acid groups (broad SMARTS) is 1. The van der Waals surface area contributed by atoms with Gasteiger partial charge in [0, 0.05) is 13.1 Å². The Morgan fingerprint density at radius 1 is 1.47 bits per heavy atom. The summed E-state index contributed by atoms with van der Waals surface area (Å²) in [5.74, 6) is -1.33. The number of amides is 1. The van der Waals surface area contributed by atoms with Gasteiger partial charge in [-0.25, -0.2) is 4.98 Å². The van der Waals surface area contributed by atoms with Gasteiger partial charge in [0.15, 0.2) is 0 Å². The number of likely N-dealkylation sites (tertiary alicyclic amines) is 1. The molecule has 1 fully saturated rings. The van der Waals surface area contributed by atoms with Crippen molar-refractivity contribution in [3.63, 3.8) is 0 Å². The molecule has 1 aromatic rings. The van der Waals surface area contributed by atoms with Crippen molar-refractivity contribution in [2.24, 2.45) is 5.92 Å². The van der Waals surface area contributed by atoms with Crippen molar-refractivity contribution in [1.82, 2.24) is 9.88 Å². The van der Waals surface area contributed by atoms with Crippen LogP contribution in [0.4, 0.5) is 0 Å². The van der Waals surface area contributed by atoms with Crippen LogP contribution in [0.2, 0.25) is 0 Å². The fourth-order valence-electron chi connectivity index (χ4n) is 2.02. The van der Waals surface area contributed by atoms with Gasteiger partial charge in [0.05, 0.1) is 16.6 Å². The number of hydrogen-bond donors (Lipinski definition) is 1. The van der Waals surface area contributed by atoms with E-state index in [0.717, 1.165) is 10.7 Å². The topological polar surface area (TPSA) is 70.5 Å². The first kappa shape index (κ1) is 12.0. The lowest BCUT2D eigenvalue weighted by Crippen LogP contribution is -2.29. The van der Waals surface area contributed by atoms with Gasteiger partial charge in [-0.05, 0) is 20.3 Å². The molecule has 6 heteroatoms. The molecule has 2 heterocycles. The van der Waals surface area contributed by atoms with Crippen LogP contribution in [0.25, 0.3) is 0 Å². The second-order valence-electron chi connectivity index (χ2n) is 4.22. The van der Waals surface area contributed by atoms with Gasteiger partial charge in [-0.2, -0.15) is 0 Å². The van der Waals surface area contributed by atoms with Gasteiger partial charge < -0.3 is 10.0 Å². The van der Waals surface area contributed by atoms with Gasteiger partial charge in [-0.3, -0.25) is 9.59 Å². The van der Waals surface area contributed by atoms with Crippen LogP contribution in [-0.2, 0) is 4.79 Å². The molecule has 1 atom stereocenters. The smallest absolute Gasteiger partial charge is 0.308 e. The standard InChI is InChI=1S/C11H14N2O3S/c1-6-9(17-7(2)12-6)10(14)13-4-3-8(5-13)11(15)16/h8H,3-5H2,1-2H3,(H,15,16). The van der Waals surface area contributed by atoms with E-state index in [1.165, 1.54) is 11.3 Å². The number of thiazole rings is 1. The van der Waals surface area contributed by atoms with Crippen LogP contribution in [0.5, 0.6) is 0 Å². The number of hydrogen-bond acceptors (Lipinski definition) is 4. The first-order valence-electron chi connectivity index (χ1n) is 5.45. The SMILES string of the molecule is Cc1nc(C)c(C(=O)N2CCC(C(=O)O)C2)s1. The van der Waals surface area contributed by atoms with Crippen LogP contribution in [-0.4, -0.2) is 40.0 Å². The highest BCUT2D eigenvalue weighted by molar-refractivity contribution is 7.13. The maximum atomic E-state index is 12.2. The highest BCUT2D eigenvalue weighted by Crippen LogP contribution is 2.23. The first-order valence-corrected chi connectivity index (χ1v) is 6.27. The van der Waals surface area contributed by atoms with Crippen molar-refractivity contribution >= 4 is 23.2 Å². The van der Waals surface area contributed by atoms with Gasteiger partial charge >= 0.3 is 5.97 Å². The fourth-order valence-corrected chi connectivity index (χ4v) is 2.91. The molecule has 0 bridgehead atoms. The summed E-state index contributed by atoms with van der Waals surface area (Å²) in [6, 6.07) is 0. The summed E-state index contributed by atoms with van der Waals surface area (Å²) in [6.45, 7) is 4.50. The van der Waals surface area contributed by atoms with Crippen molar-refractivity contribution < 1.29 is 14.7 Å². The van der Waals surface area contributed by atoms with Crippen molar-refractivity contribution in [2.75, 3.05) is 13.1 Å². The fraction of sp³-hybridized carbons (Fsp3) is 0.545. The number of rotatable bonds is 2. The number of carbonyl (C=O) groups excluding carboxylic acids is 1. The Morgan fingerprint density at radius 2 is 2.18 bits per heavy atom. The van der Waals surface area contributed by atoms with E-state index < -0.39 is 11.9 Å². The quantitative estimate of drug-likeness (QED) is 0.863. The van der Waals surface area contributed by atoms with Crippen molar-refractivity contribution in [3.8, 4) is 0 Å². The van der Waals surface area contributed by atoms with Gasteiger partial charge in [0.25, 0.3) is 5.91 Å². The lowest BCUT2D eigenvalue weighted by Gasteiger charge is -2.14. The summed E-state index contributed by atoms with van der Waals surface area (Å²) in [7, 11) is 0. The van der Waals surface area contributed by atoms with E-state index in [4.69, 9.17) is 5.11 Å². The zero-order valence-electron chi connectivity index (χ0n) is 9.77. The molecule has 0 aromatic carbocycles. The third-order valence-corrected chi connectivity index (χ3v) is 3.98. The lowest BCUT2D eigenvalue weighted by molar-refractivity contribution is -0.141. The molecule has 0 spiro atoms. The predicted molar refractivity (Wildman–Crippen MR) is 63.2 cm³/mol. The minimum Gasteiger partial charge on any atom is -0.481 e. The minimum absolute atomic E-state index is 0.0862. The van der Waals surface area contributed by atoms with Crippen molar-refractivity contribution in [1.29, 1.82) is 0 Å². The maximum absolute atomic E-state index is 12.2. The van der Waals surface area contributed by atoms with E-state index in [1.54, 1.807) is 4.90 Å². The van der Waals surface area contributed by atoms with Crippen molar-refractivity contribution in [2.45, 2.75) is 20.3 Å². The molecule has 1 saturated heterocycles. The third-order valence-electron chi connectivity index (χ3n) is 2.92. The minimum atomic E-state index is -0.822. The molecule has 1 aliphatic rings. The van der Waals surface area contributed by atoms with Crippen molar-refractivity contribution in [3.05, 3.63) is 15.6 Å². The summed E-state index contributed by atoms with van der Waals surface area (Å²) in [6.07, 6.45) is 0.540. The average Bonchev–Trinajstić information content (AvgIpc) is 2.84. The molecule has 2 rings (SSSR count). The largest absolute Gasteiger partial charge is 0.481 e. The summed E-state index contributed by atoms with van der Waals surface area (Å²) < 4.78 is 0. The van der Waals surface area contributed by atoms with E-state index in [1.807, 2.05) is 13.8 Å². The molecule has 0 aliphatic carbocycles. The third kappa shape index (κ3) is 2.31. The highest BCUT2D eigenvalue weighted by atomic mass is 32.1. The Bertz CT molecular complexity index is 469. The molecular formula is C11H14N2O3S. The second-order valence-corrected chi connectivity index (χ2v) is 5.43. The summed E-state index contributed by atoms with van der Waals surface area (Å²) in [5.41, 5.74) is 0.733. The molecule has 17 heavy (non-hydrogen) atoms. The number of nitrogens with zero attached hydrogens (tertiary/aromatic N) is 2. The average molecular weight is 254 g/mol. The van der Waals surface area contributed by atoms with Crippen LogP contribution in [0.15, 0.2) is 0 Å². The molecule has 0 saturated carbocycles. The van der Waals surface area contributed by atoms with Gasteiger partial charge in [0.2, 0.25) is 0 Å². The molecule has 1 aromatic heterocycles. The number of aliphatic carboxylic acids is 1. The highest BCUT2D eigenvalue weighted by Gasteiger charge is 2.32. The Balaban J connectivity index is 2.12. The number of carbonyl (C=O) groups is 2. The normalized spacial score (nSPS) is 19.6. The van der Waals surface area contributed by atoms with Crippen LogP contribution in [0.3, 0.4) is 0 Å².